The number of carbonyl (C=O) groups is 1. The first-order chi connectivity index (χ1) is 5.73. The summed E-state index contributed by atoms with van der Waals surface area (Å²) >= 11 is 0. The molecule has 3 heteroatoms. The fourth-order valence-electron chi connectivity index (χ4n) is 1.37. The van der Waals surface area contributed by atoms with Crippen LogP contribution in [0.5, 0.6) is 0 Å². The molecule has 74 valence electrons. The van der Waals surface area contributed by atoms with Crippen LogP contribution in [0.3, 0.4) is 0 Å². The van der Waals surface area contributed by atoms with E-state index < -0.39 is 11.2 Å². The quantitative estimate of drug-likeness (QED) is 0.633. The second-order valence-corrected chi connectivity index (χ2v) is 4.37. The van der Waals surface area contributed by atoms with E-state index in [1.807, 2.05) is 0 Å². The minimum absolute atomic E-state index is 0.309. The highest BCUT2D eigenvalue weighted by Gasteiger charge is 2.35. The van der Waals surface area contributed by atoms with Crippen LogP contribution in [0.4, 0.5) is 0 Å². The molecule has 0 radical (unpaired) electrons. The Morgan fingerprint density at radius 1 is 1.54 bits per heavy atom. The highest BCUT2D eigenvalue weighted by atomic mass is 16.3. The van der Waals surface area contributed by atoms with Gasteiger partial charge in [-0.1, -0.05) is 0 Å². The fourth-order valence-corrected chi connectivity index (χ4v) is 1.37. The molecule has 1 aliphatic carbocycles. The van der Waals surface area contributed by atoms with Gasteiger partial charge in [-0.25, -0.2) is 0 Å². The van der Waals surface area contributed by atoms with Crippen molar-refractivity contribution in [2.75, 3.05) is 0 Å². The number of hydrogen-bond acceptors (Lipinski definition) is 3. The summed E-state index contributed by atoms with van der Waals surface area (Å²) in [5, 5.41) is 19.2. The van der Waals surface area contributed by atoms with Gasteiger partial charge in [0.05, 0.1) is 5.60 Å². The minimum Gasteiger partial charge on any atom is -0.386 e. The molecule has 0 bridgehead atoms. The molecule has 0 aromatic rings. The molecule has 0 heterocycles. The van der Waals surface area contributed by atoms with Gasteiger partial charge < -0.3 is 10.2 Å². The zero-order valence-corrected chi connectivity index (χ0v) is 8.29. The van der Waals surface area contributed by atoms with Crippen molar-refractivity contribution in [2.45, 2.75) is 44.8 Å². The monoisotopic (exact) mass is 184 g/mol. The molecule has 0 saturated carbocycles. The fraction of sp³-hybridized carbons (Fsp3) is 0.700. The molecule has 2 N–H and O–H groups in total. The highest BCUT2D eigenvalue weighted by Crippen LogP contribution is 2.30. The molecular weight excluding hydrogens is 168 g/mol. The molecular formula is C10H16O3. The van der Waals surface area contributed by atoms with Gasteiger partial charge in [-0.3, -0.25) is 4.79 Å². The minimum atomic E-state index is -1.24. The number of rotatable bonds is 1. The Labute approximate surface area is 78.1 Å². The first-order valence-corrected chi connectivity index (χ1v) is 4.44. The van der Waals surface area contributed by atoms with Gasteiger partial charge in [0.2, 0.25) is 0 Å². The molecule has 0 fully saturated rings. The Morgan fingerprint density at radius 3 is 2.46 bits per heavy atom. The lowest BCUT2D eigenvalue weighted by molar-refractivity contribution is -0.132. The second kappa shape index (κ2) is 2.93. The van der Waals surface area contributed by atoms with E-state index in [0.717, 1.165) is 0 Å². The summed E-state index contributed by atoms with van der Waals surface area (Å²) in [7, 11) is 0. The lowest BCUT2D eigenvalue weighted by Gasteiger charge is -2.30. The number of hydrogen-bond donors (Lipinski definition) is 2. The predicted octanol–water partition coefficient (Wildman–Crippen LogP) is 0.798. The molecule has 1 aliphatic rings. The standard InChI is InChI=1S/C10H16O3/c1-9(2,12)7-4-5-10(3,13)8(11)6-7/h6,12-13H,4-5H2,1-3H3. The summed E-state index contributed by atoms with van der Waals surface area (Å²) in [5.41, 5.74) is -1.50. The van der Waals surface area contributed by atoms with E-state index in [-0.39, 0.29) is 5.78 Å². The summed E-state index contributed by atoms with van der Waals surface area (Å²) in [6.07, 6.45) is 2.33. The van der Waals surface area contributed by atoms with E-state index in [2.05, 4.69) is 0 Å². The molecule has 1 unspecified atom stereocenters. The van der Waals surface area contributed by atoms with Crippen molar-refractivity contribution in [2.24, 2.45) is 0 Å². The predicted molar refractivity (Wildman–Crippen MR) is 49.2 cm³/mol. The first kappa shape index (κ1) is 10.4. The molecule has 0 aromatic heterocycles. The van der Waals surface area contributed by atoms with Crippen LogP contribution in [0.15, 0.2) is 11.6 Å². The molecule has 1 atom stereocenters. The van der Waals surface area contributed by atoms with Crippen LogP contribution in [0.25, 0.3) is 0 Å². The van der Waals surface area contributed by atoms with Crippen molar-refractivity contribution < 1.29 is 15.0 Å². The van der Waals surface area contributed by atoms with Gasteiger partial charge in [-0.2, -0.15) is 0 Å². The van der Waals surface area contributed by atoms with Gasteiger partial charge in [0.25, 0.3) is 0 Å². The molecule has 3 nitrogen and oxygen atoms in total. The molecule has 0 aromatic carbocycles. The van der Waals surface area contributed by atoms with Gasteiger partial charge in [0.1, 0.15) is 5.60 Å². The molecule has 13 heavy (non-hydrogen) atoms. The van der Waals surface area contributed by atoms with Gasteiger partial charge in [-0.15, -0.1) is 0 Å². The van der Waals surface area contributed by atoms with E-state index in [9.17, 15) is 15.0 Å². The van der Waals surface area contributed by atoms with E-state index in [1.54, 1.807) is 13.8 Å². The topological polar surface area (TPSA) is 57.5 Å². The van der Waals surface area contributed by atoms with E-state index in [4.69, 9.17) is 0 Å². The lowest BCUT2D eigenvalue weighted by Crippen LogP contribution is -2.39. The molecule has 0 aliphatic heterocycles. The van der Waals surface area contributed by atoms with Crippen molar-refractivity contribution in [3.05, 3.63) is 11.6 Å². The maximum Gasteiger partial charge on any atom is 0.186 e. The number of carbonyl (C=O) groups excluding carboxylic acids is 1. The van der Waals surface area contributed by atoms with Crippen LogP contribution in [-0.2, 0) is 4.79 Å². The zero-order chi connectivity index (χ0) is 10.3. The van der Waals surface area contributed by atoms with Crippen molar-refractivity contribution >= 4 is 5.78 Å². The summed E-state index contributed by atoms with van der Waals surface area (Å²) in [4.78, 5) is 11.3. The Hall–Kier alpha value is -0.670. The van der Waals surface area contributed by atoms with Crippen molar-refractivity contribution in [1.29, 1.82) is 0 Å². The highest BCUT2D eigenvalue weighted by molar-refractivity contribution is 5.98. The van der Waals surface area contributed by atoms with E-state index >= 15 is 0 Å². The van der Waals surface area contributed by atoms with E-state index in [1.165, 1.54) is 13.0 Å². The van der Waals surface area contributed by atoms with Crippen molar-refractivity contribution in [3.63, 3.8) is 0 Å². The molecule has 0 spiro atoms. The van der Waals surface area contributed by atoms with Crippen LogP contribution in [0.2, 0.25) is 0 Å². The molecule has 0 saturated heterocycles. The van der Waals surface area contributed by atoms with Gasteiger partial charge in [-0.05, 0) is 45.3 Å². The summed E-state index contributed by atoms with van der Waals surface area (Å²) in [6.45, 7) is 4.80. The van der Waals surface area contributed by atoms with Crippen LogP contribution in [0, 0.1) is 0 Å². The zero-order valence-electron chi connectivity index (χ0n) is 8.29. The normalized spacial score (nSPS) is 30.2. The van der Waals surface area contributed by atoms with Crippen LogP contribution in [-0.4, -0.2) is 27.2 Å². The lowest BCUT2D eigenvalue weighted by atomic mass is 9.80. The summed E-state index contributed by atoms with van der Waals surface area (Å²) in [6, 6.07) is 0. The van der Waals surface area contributed by atoms with Crippen molar-refractivity contribution in [1.82, 2.24) is 0 Å². The Bertz CT molecular complexity index is 256. The number of ketones is 1. The Morgan fingerprint density at radius 2 is 2.08 bits per heavy atom. The molecule has 1 rings (SSSR count). The van der Waals surface area contributed by atoms with Crippen LogP contribution >= 0.6 is 0 Å². The largest absolute Gasteiger partial charge is 0.386 e. The average Bonchev–Trinajstić information content (AvgIpc) is 1.92. The first-order valence-electron chi connectivity index (χ1n) is 4.44. The summed E-state index contributed by atoms with van der Waals surface area (Å²) in [5.74, 6) is -0.309. The third kappa shape index (κ3) is 2.17. The summed E-state index contributed by atoms with van der Waals surface area (Å²) < 4.78 is 0. The average molecular weight is 184 g/mol. The third-order valence-corrected chi connectivity index (χ3v) is 2.50. The van der Waals surface area contributed by atoms with Gasteiger partial charge >= 0.3 is 0 Å². The SMILES string of the molecule is CC(C)(O)C1=CC(=O)C(C)(O)CC1. The maximum absolute atomic E-state index is 11.3. The second-order valence-electron chi connectivity index (χ2n) is 4.37. The number of aliphatic hydroxyl groups is 2. The Kier molecular flexibility index (Phi) is 2.34. The third-order valence-electron chi connectivity index (χ3n) is 2.50. The van der Waals surface area contributed by atoms with Gasteiger partial charge in [0.15, 0.2) is 5.78 Å². The van der Waals surface area contributed by atoms with Crippen molar-refractivity contribution in [3.8, 4) is 0 Å². The van der Waals surface area contributed by atoms with Gasteiger partial charge in [0, 0.05) is 0 Å². The van der Waals surface area contributed by atoms with Crippen LogP contribution < -0.4 is 0 Å². The Balaban J connectivity index is 2.92. The molecule has 0 amide bonds. The smallest absolute Gasteiger partial charge is 0.186 e. The van der Waals surface area contributed by atoms with Crippen LogP contribution in [0.1, 0.15) is 33.6 Å². The van der Waals surface area contributed by atoms with E-state index in [0.29, 0.717) is 18.4 Å². The maximum atomic E-state index is 11.3.